The Morgan fingerprint density at radius 3 is 2.89 bits per heavy atom. The summed E-state index contributed by atoms with van der Waals surface area (Å²) in [7, 11) is 0. The number of benzene rings is 2. The summed E-state index contributed by atoms with van der Waals surface area (Å²) in [5.41, 5.74) is 3.22. The molecule has 1 atom stereocenters. The van der Waals surface area contributed by atoms with E-state index in [2.05, 4.69) is 40.1 Å². The summed E-state index contributed by atoms with van der Waals surface area (Å²) in [6.45, 7) is 3.90. The number of morpholine rings is 1. The lowest BCUT2D eigenvalue weighted by Gasteiger charge is -2.32. The van der Waals surface area contributed by atoms with Gasteiger partial charge in [0.2, 0.25) is 0 Å². The predicted molar refractivity (Wildman–Crippen MR) is 108 cm³/mol. The van der Waals surface area contributed by atoms with E-state index in [-0.39, 0.29) is 6.10 Å². The topological polar surface area (TPSA) is 39.5 Å². The third-order valence-corrected chi connectivity index (χ3v) is 4.80. The Labute approximate surface area is 165 Å². The zero-order valence-corrected chi connectivity index (χ0v) is 15.7. The minimum Gasteiger partial charge on any atom is -0.491 e. The molecule has 1 aliphatic heterocycles. The van der Waals surface area contributed by atoms with Crippen molar-refractivity contribution in [1.29, 1.82) is 0 Å². The highest BCUT2D eigenvalue weighted by Gasteiger charge is 2.21. The van der Waals surface area contributed by atoms with Gasteiger partial charge in [0.1, 0.15) is 18.5 Å². The van der Waals surface area contributed by atoms with Gasteiger partial charge in [-0.1, -0.05) is 24.1 Å². The van der Waals surface area contributed by atoms with Crippen LogP contribution in [0.1, 0.15) is 11.1 Å². The molecule has 28 heavy (non-hydrogen) atoms. The fourth-order valence-electron chi connectivity index (χ4n) is 3.33. The van der Waals surface area contributed by atoms with E-state index in [1.54, 1.807) is 12.5 Å². The van der Waals surface area contributed by atoms with Crippen LogP contribution in [-0.4, -0.2) is 46.9 Å². The van der Waals surface area contributed by atoms with Gasteiger partial charge >= 0.3 is 0 Å². The molecule has 3 aromatic rings. The number of imidazole rings is 1. The lowest BCUT2D eigenvalue weighted by atomic mass is 10.1. The molecule has 1 fully saturated rings. The lowest BCUT2D eigenvalue weighted by molar-refractivity contribution is -0.0504. The molecule has 0 saturated carbocycles. The van der Waals surface area contributed by atoms with Gasteiger partial charge in [-0.05, 0) is 35.9 Å². The Bertz CT molecular complexity index is 929. The van der Waals surface area contributed by atoms with Crippen LogP contribution in [-0.2, 0) is 11.3 Å². The minimum absolute atomic E-state index is 0.0495. The predicted octanol–water partition coefficient (Wildman–Crippen LogP) is 3.13. The first-order valence-corrected chi connectivity index (χ1v) is 9.41. The average molecular weight is 373 g/mol. The van der Waals surface area contributed by atoms with Crippen molar-refractivity contribution in [2.75, 3.05) is 26.3 Å². The van der Waals surface area contributed by atoms with E-state index in [9.17, 15) is 0 Å². The fourth-order valence-corrected chi connectivity index (χ4v) is 3.33. The molecule has 0 bridgehead atoms. The molecule has 0 radical (unpaired) electrons. The Hall–Kier alpha value is -3.07. The Morgan fingerprint density at radius 2 is 2.11 bits per heavy atom. The van der Waals surface area contributed by atoms with Crippen molar-refractivity contribution in [3.05, 3.63) is 78.4 Å². The fraction of sp³-hybridized carbons (Fsp3) is 0.261. The third-order valence-electron chi connectivity index (χ3n) is 4.80. The Balaban J connectivity index is 1.30. The number of ether oxygens (including phenoxy) is 2. The maximum absolute atomic E-state index is 5.89. The normalized spacial score (nSPS) is 17.2. The van der Waals surface area contributed by atoms with Crippen LogP contribution in [0.4, 0.5) is 0 Å². The van der Waals surface area contributed by atoms with Gasteiger partial charge in [0, 0.05) is 43.3 Å². The van der Waals surface area contributed by atoms with E-state index in [1.807, 2.05) is 35.0 Å². The first kappa shape index (κ1) is 18.3. The molecule has 0 spiro atoms. The molecular formula is C23H23N3O2. The van der Waals surface area contributed by atoms with E-state index in [0.717, 1.165) is 36.6 Å². The SMILES string of the molecule is C#Cc1cccc(OCC2CN(Cc3ccc(-n4ccnc4)cc3)CCO2)c1. The molecule has 0 amide bonds. The lowest BCUT2D eigenvalue weighted by Crippen LogP contribution is -2.44. The molecule has 1 saturated heterocycles. The molecule has 2 heterocycles. The molecule has 0 aliphatic carbocycles. The third kappa shape index (κ3) is 4.61. The molecule has 1 aromatic heterocycles. The second-order valence-electron chi connectivity index (χ2n) is 6.85. The van der Waals surface area contributed by atoms with Crippen LogP contribution in [0.2, 0.25) is 0 Å². The van der Waals surface area contributed by atoms with Crippen molar-refractivity contribution in [3.63, 3.8) is 0 Å². The van der Waals surface area contributed by atoms with Crippen LogP contribution in [0.5, 0.6) is 5.75 Å². The van der Waals surface area contributed by atoms with E-state index in [1.165, 1.54) is 5.56 Å². The second kappa shape index (κ2) is 8.75. The van der Waals surface area contributed by atoms with Gasteiger partial charge in [0.25, 0.3) is 0 Å². The number of nitrogens with zero attached hydrogens (tertiary/aromatic N) is 3. The number of terminal acetylenes is 1. The average Bonchev–Trinajstić information content (AvgIpc) is 3.28. The highest BCUT2D eigenvalue weighted by atomic mass is 16.5. The highest BCUT2D eigenvalue weighted by Crippen LogP contribution is 2.16. The number of hydrogen-bond donors (Lipinski definition) is 0. The van der Waals surface area contributed by atoms with Gasteiger partial charge in [-0.15, -0.1) is 6.42 Å². The number of aromatic nitrogens is 2. The summed E-state index contributed by atoms with van der Waals surface area (Å²) >= 11 is 0. The van der Waals surface area contributed by atoms with Gasteiger partial charge in [0.05, 0.1) is 12.9 Å². The monoisotopic (exact) mass is 373 g/mol. The van der Waals surface area contributed by atoms with Crippen molar-refractivity contribution < 1.29 is 9.47 Å². The summed E-state index contributed by atoms with van der Waals surface area (Å²) in [6.07, 6.45) is 11.0. The van der Waals surface area contributed by atoms with Crippen molar-refractivity contribution >= 4 is 0 Å². The van der Waals surface area contributed by atoms with Gasteiger partial charge in [-0.2, -0.15) is 0 Å². The van der Waals surface area contributed by atoms with Crippen molar-refractivity contribution in [2.24, 2.45) is 0 Å². The van der Waals surface area contributed by atoms with Crippen molar-refractivity contribution in [1.82, 2.24) is 14.5 Å². The smallest absolute Gasteiger partial charge is 0.120 e. The molecule has 4 rings (SSSR count). The molecule has 5 heteroatoms. The molecule has 5 nitrogen and oxygen atoms in total. The molecule has 2 aromatic carbocycles. The second-order valence-corrected chi connectivity index (χ2v) is 6.85. The first-order valence-electron chi connectivity index (χ1n) is 9.41. The van der Waals surface area contributed by atoms with Crippen LogP contribution in [0, 0.1) is 12.3 Å². The highest BCUT2D eigenvalue weighted by molar-refractivity contribution is 5.38. The molecule has 142 valence electrons. The van der Waals surface area contributed by atoms with Crippen LogP contribution >= 0.6 is 0 Å². The summed E-state index contributed by atoms with van der Waals surface area (Å²) < 4.78 is 13.8. The van der Waals surface area contributed by atoms with Crippen LogP contribution in [0.3, 0.4) is 0 Å². The zero-order valence-electron chi connectivity index (χ0n) is 15.7. The standard InChI is InChI=1S/C23H23N3O2/c1-2-19-4-3-5-22(14-19)28-17-23-16-25(12-13-27-23)15-20-6-8-21(9-7-20)26-11-10-24-18-26/h1,3-11,14,18,23H,12-13,15-17H2. The molecule has 1 aliphatic rings. The first-order chi connectivity index (χ1) is 13.8. The van der Waals surface area contributed by atoms with Gasteiger partial charge < -0.3 is 14.0 Å². The summed E-state index contributed by atoms with van der Waals surface area (Å²) in [5.74, 6) is 3.41. The van der Waals surface area contributed by atoms with Gasteiger partial charge in [-0.3, -0.25) is 4.90 Å². The van der Waals surface area contributed by atoms with Gasteiger partial charge in [0.15, 0.2) is 0 Å². The van der Waals surface area contributed by atoms with E-state index in [4.69, 9.17) is 15.9 Å². The Kier molecular flexibility index (Phi) is 5.72. The quantitative estimate of drug-likeness (QED) is 0.623. The number of rotatable bonds is 6. The van der Waals surface area contributed by atoms with E-state index in [0.29, 0.717) is 13.2 Å². The zero-order chi connectivity index (χ0) is 19.2. The number of hydrogen-bond acceptors (Lipinski definition) is 4. The summed E-state index contributed by atoms with van der Waals surface area (Å²) in [6, 6.07) is 16.2. The van der Waals surface area contributed by atoms with E-state index >= 15 is 0 Å². The molecular weight excluding hydrogens is 350 g/mol. The largest absolute Gasteiger partial charge is 0.491 e. The summed E-state index contributed by atoms with van der Waals surface area (Å²) in [5, 5.41) is 0. The van der Waals surface area contributed by atoms with Crippen molar-refractivity contribution in [3.8, 4) is 23.8 Å². The van der Waals surface area contributed by atoms with Crippen LogP contribution in [0.15, 0.2) is 67.3 Å². The maximum atomic E-state index is 5.89. The van der Waals surface area contributed by atoms with Crippen LogP contribution in [0.25, 0.3) is 5.69 Å². The minimum atomic E-state index is 0.0495. The van der Waals surface area contributed by atoms with Crippen molar-refractivity contribution in [2.45, 2.75) is 12.6 Å². The maximum Gasteiger partial charge on any atom is 0.120 e. The van der Waals surface area contributed by atoms with Gasteiger partial charge in [-0.25, -0.2) is 4.98 Å². The van der Waals surface area contributed by atoms with Crippen LogP contribution < -0.4 is 4.74 Å². The Morgan fingerprint density at radius 1 is 1.21 bits per heavy atom. The molecule has 1 unspecified atom stereocenters. The summed E-state index contributed by atoms with van der Waals surface area (Å²) in [4.78, 5) is 6.50. The molecule has 0 N–H and O–H groups in total. The van der Waals surface area contributed by atoms with E-state index < -0.39 is 0 Å².